The molecule has 0 fully saturated rings. The first kappa shape index (κ1) is 50.7. The van der Waals surface area contributed by atoms with Gasteiger partial charge in [-0.25, -0.2) is 0 Å². The molecule has 0 aliphatic rings. The summed E-state index contributed by atoms with van der Waals surface area (Å²) in [6, 6.07) is 31.7. The minimum Gasteiger partial charge on any atom is -0.321 e. The Labute approximate surface area is 393 Å². The summed E-state index contributed by atoms with van der Waals surface area (Å²) in [4.78, 5) is 0. The van der Waals surface area contributed by atoms with Gasteiger partial charge in [-0.1, -0.05) is 121 Å². The van der Waals surface area contributed by atoms with Gasteiger partial charge in [0.1, 0.15) is 31.2 Å². The van der Waals surface area contributed by atoms with Crippen LogP contribution >= 0.6 is 31.2 Å². The Hall–Kier alpha value is -5.64. The highest BCUT2D eigenvalue weighted by Gasteiger charge is 2.40. The molecule has 0 aliphatic carbocycles. The van der Waals surface area contributed by atoms with Gasteiger partial charge in [-0.05, 0) is 92.3 Å². The molecule has 20 heteroatoms. The molecule has 0 saturated heterocycles. The van der Waals surface area contributed by atoms with Crippen LogP contribution in [0.15, 0.2) is 170 Å². The van der Waals surface area contributed by atoms with Gasteiger partial charge in [0.2, 0.25) is 0 Å². The van der Waals surface area contributed by atoms with E-state index in [0.717, 1.165) is 48.5 Å². The van der Waals surface area contributed by atoms with Gasteiger partial charge in [0.05, 0.1) is 33.1 Å². The van der Waals surface area contributed by atoms with E-state index in [1.54, 1.807) is 48.5 Å². The Bertz CT molecular complexity index is 3040. The van der Waals surface area contributed by atoms with Crippen molar-refractivity contribution in [2.75, 3.05) is 0 Å². The average molecular weight is 1050 g/mol. The highest BCUT2D eigenvalue weighted by molar-refractivity contribution is 7.71. The molecule has 0 bridgehead atoms. The molecule has 0 radical (unpaired) electrons. The van der Waals surface area contributed by atoms with Crippen LogP contribution in [-0.4, -0.2) is 0 Å². The number of alkyl halides is 12. The van der Waals surface area contributed by atoms with Crippen LogP contribution < -0.4 is 21.2 Å². The molecule has 0 saturated carbocycles. The number of halogens is 12. The van der Waals surface area contributed by atoms with Crippen molar-refractivity contribution in [3.8, 4) is 11.1 Å². The molecule has 0 heterocycles. The molecule has 0 N–H and O–H groups in total. The van der Waals surface area contributed by atoms with Crippen molar-refractivity contribution in [1.82, 2.24) is 0 Å². The zero-order chi connectivity index (χ0) is 50.5. The van der Waals surface area contributed by atoms with E-state index >= 15 is 18.3 Å². The second-order valence-corrected chi connectivity index (χ2v) is 24.8. The molecule has 0 aromatic heterocycles. The van der Waals surface area contributed by atoms with Crippen molar-refractivity contribution in [3.05, 3.63) is 203 Å². The number of hydrogen-bond donors (Lipinski definition) is 0. The van der Waals surface area contributed by atoms with Crippen molar-refractivity contribution in [2.45, 2.75) is 35.5 Å². The maximum atomic E-state index is 15.3. The fraction of sp³-hybridized carbons (Fsp3) is 0.120. The molecule has 8 rings (SSSR count). The largest absolute Gasteiger partial charge is 0.416 e. The van der Waals surface area contributed by atoms with E-state index in [4.69, 9.17) is 0 Å². The predicted octanol–water partition coefficient (Wildman–Crippen LogP) is 15.3. The second kappa shape index (κ2) is 19.5. The first-order chi connectivity index (χ1) is 32.9. The van der Waals surface area contributed by atoms with Gasteiger partial charge in [0.15, 0.2) is 0 Å². The van der Waals surface area contributed by atoms with Gasteiger partial charge in [0.25, 0.3) is 0 Å². The monoisotopic (exact) mass is 1050 g/mol. The maximum absolute atomic E-state index is 15.3. The summed E-state index contributed by atoms with van der Waals surface area (Å²) in [5.74, 6) is 0. The van der Waals surface area contributed by atoms with Crippen LogP contribution in [-0.2, 0) is 43.0 Å². The molecule has 0 amide bonds. The van der Waals surface area contributed by atoms with E-state index in [1.807, 2.05) is 0 Å². The van der Waals surface area contributed by atoms with E-state index in [2.05, 4.69) is 0 Å². The smallest absolute Gasteiger partial charge is 0.321 e. The van der Waals surface area contributed by atoms with E-state index in [9.17, 15) is 52.7 Å². The van der Waals surface area contributed by atoms with Crippen molar-refractivity contribution >= 4 is 74.0 Å². The Morgan fingerprint density at radius 3 is 0.814 bits per heavy atom. The molecule has 4 nitrogen and oxygen atoms in total. The summed E-state index contributed by atoms with van der Waals surface area (Å²) in [6.45, 7) is 0. The van der Waals surface area contributed by atoms with E-state index in [0.29, 0.717) is 59.3 Å². The van der Waals surface area contributed by atoms with Crippen molar-refractivity contribution in [3.63, 3.8) is 0 Å². The van der Waals surface area contributed by atoms with E-state index in [1.165, 1.54) is 24.3 Å². The molecule has 0 aliphatic heterocycles. The highest BCUT2D eigenvalue weighted by atomic mass is 31.2. The van der Waals surface area contributed by atoms with Gasteiger partial charge in [-0.3, -0.25) is 0 Å². The zero-order valence-corrected chi connectivity index (χ0v) is 39.5. The predicted molar refractivity (Wildman–Crippen MR) is 253 cm³/mol. The van der Waals surface area contributed by atoms with Crippen LogP contribution in [0.1, 0.15) is 44.2 Å². The van der Waals surface area contributed by atoms with Crippen LogP contribution in [0.5, 0.6) is 0 Å². The summed E-state index contributed by atoms with van der Waals surface area (Å²) in [7, 11) is -15.6. The SMILES string of the molecule is O=[PH](c1cccc(C(F)(F)F)c1)C(c1ccc2ccccc2c1-c1c(C([PH](=O)c2cccc(C(F)(F)F)c2)[PH](=O)c2cccc(C(F)(F)F)c2)ccc2ccccc12)[PH](=O)c1cccc(C(F)(F)F)c1. The van der Waals surface area contributed by atoms with Crippen LogP contribution in [0, 0.1) is 0 Å². The zero-order valence-electron chi connectivity index (χ0n) is 35.5. The van der Waals surface area contributed by atoms with Crippen LogP contribution in [0.4, 0.5) is 52.7 Å². The lowest BCUT2D eigenvalue weighted by atomic mass is 9.87. The molecule has 4 atom stereocenters. The normalized spacial score (nSPS) is 15.3. The number of rotatable bonds is 11. The van der Waals surface area contributed by atoms with Crippen molar-refractivity contribution in [1.29, 1.82) is 0 Å². The van der Waals surface area contributed by atoms with Crippen molar-refractivity contribution in [2.24, 2.45) is 0 Å². The first-order valence-electron chi connectivity index (χ1n) is 20.8. The Balaban J connectivity index is 1.49. The Morgan fingerprint density at radius 1 is 0.300 bits per heavy atom. The van der Waals surface area contributed by atoms with Crippen LogP contribution in [0.25, 0.3) is 32.7 Å². The molecule has 70 heavy (non-hydrogen) atoms. The Kier molecular flexibility index (Phi) is 14.1. The highest BCUT2D eigenvalue weighted by Crippen LogP contribution is 2.63. The molecule has 0 spiro atoms. The summed E-state index contributed by atoms with van der Waals surface area (Å²) < 4.78 is 231. The van der Waals surface area contributed by atoms with Gasteiger partial charge >= 0.3 is 24.7 Å². The topological polar surface area (TPSA) is 68.3 Å². The minimum atomic E-state index is -4.96. The lowest BCUT2D eigenvalue weighted by Crippen LogP contribution is -2.14. The summed E-state index contributed by atoms with van der Waals surface area (Å²) in [5, 5.41) is -4.31. The maximum Gasteiger partial charge on any atom is 0.416 e. The van der Waals surface area contributed by atoms with Gasteiger partial charge in [-0.15, -0.1) is 0 Å². The van der Waals surface area contributed by atoms with Gasteiger partial charge in [0, 0.05) is 21.2 Å². The standard InChI is InChI=1S/C50H34F12O4P4/c51-47(52,53)31-11-5-15-35(25-31)67(63)45(68(64)36-16-6-12-32(26-36)48(54,55)56)41-23-21-29-9-1-3-19-39(29)43(41)44-40-20-4-2-10-30(40)22-24-42(44)46(69(65)37-17-7-13-33(27-37)49(57,58)59)70(66)38-18-8-14-34(28-38)50(60,61)62/h1-28,45-46,67-70H. The average Bonchev–Trinajstić information content (AvgIpc) is 3.33. The quantitative estimate of drug-likeness (QED) is 0.0956. The van der Waals surface area contributed by atoms with Crippen LogP contribution in [0.3, 0.4) is 0 Å². The lowest BCUT2D eigenvalue weighted by Gasteiger charge is -2.27. The molecule has 362 valence electrons. The minimum absolute atomic E-state index is 0.0202. The number of hydrogen-bond acceptors (Lipinski definition) is 4. The third kappa shape index (κ3) is 10.4. The number of fused-ring (bicyclic) bond motifs is 2. The third-order valence-corrected chi connectivity index (χ3v) is 21.7. The molecule has 8 aromatic rings. The first-order valence-corrected chi connectivity index (χ1v) is 26.8. The molecule has 4 unspecified atom stereocenters. The lowest BCUT2D eigenvalue weighted by molar-refractivity contribution is -0.138. The molecular formula is C50H34F12O4P4. The molecule has 8 aromatic carbocycles. The summed E-state index contributed by atoms with van der Waals surface area (Å²) in [6.07, 6.45) is -19.9. The van der Waals surface area contributed by atoms with E-state index in [-0.39, 0.29) is 33.0 Å². The summed E-state index contributed by atoms with van der Waals surface area (Å²) in [5.41, 5.74) is -5.31. The fourth-order valence-electron chi connectivity index (χ4n) is 8.48. The number of benzene rings is 8. The fourth-order valence-corrected chi connectivity index (χ4v) is 18.0. The van der Waals surface area contributed by atoms with Crippen LogP contribution in [0.2, 0.25) is 0 Å². The third-order valence-electron chi connectivity index (χ3n) is 11.7. The van der Waals surface area contributed by atoms with E-state index < -0.39 is 110 Å². The van der Waals surface area contributed by atoms with Gasteiger partial charge < -0.3 is 18.3 Å². The molecular weight excluding hydrogens is 1020 g/mol. The summed E-state index contributed by atoms with van der Waals surface area (Å²) >= 11 is 0. The van der Waals surface area contributed by atoms with Gasteiger partial charge in [-0.2, -0.15) is 52.7 Å². The second-order valence-electron chi connectivity index (χ2n) is 16.1. The van der Waals surface area contributed by atoms with Crippen molar-refractivity contribution < 1.29 is 70.9 Å². The Morgan fingerprint density at radius 2 is 0.557 bits per heavy atom.